The largest absolute Gasteiger partial charge is 0.378 e. The summed E-state index contributed by atoms with van der Waals surface area (Å²) in [6.45, 7) is 3.60. The molecule has 0 N–H and O–H groups in total. The number of rotatable bonds is 1. The molecule has 0 bridgehead atoms. The van der Waals surface area contributed by atoms with Crippen molar-refractivity contribution >= 4 is 0 Å². The van der Waals surface area contributed by atoms with Crippen LogP contribution in [-0.4, -0.2) is 38.3 Å². The van der Waals surface area contributed by atoms with Crippen molar-refractivity contribution in [3.05, 3.63) is 0 Å². The van der Waals surface area contributed by atoms with Crippen molar-refractivity contribution in [1.82, 2.24) is 4.90 Å². The molecule has 3 heteroatoms. The Hall–Kier alpha value is -0.590. The van der Waals surface area contributed by atoms with E-state index in [0.717, 1.165) is 25.9 Å². The molecule has 0 aliphatic carbocycles. The van der Waals surface area contributed by atoms with Crippen LogP contribution in [0.25, 0.3) is 0 Å². The summed E-state index contributed by atoms with van der Waals surface area (Å²) in [4.78, 5) is 2.33. The van der Waals surface area contributed by atoms with Gasteiger partial charge in [0.15, 0.2) is 0 Å². The molecule has 72 valence electrons. The fourth-order valence-corrected chi connectivity index (χ4v) is 2.27. The number of hydrogen-bond acceptors (Lipinski definition) is 3. The van der Waals surface area contributed by atoms with Crippen molar-refractivity contribution in [3.8, 4) is 6.07 Å². The van der Waals surface area contributed by atoms with Crippen LogP contribution in [0.1, 0.15) is 12.8 Å². The minimum Gasteiger partial charge on any atom is -0.378 e. The lowest BCUT2D eigenvalue weighted by atomic mass is 9.70. The smallest absolute Gasteiger partial charge is 0.107 e. The Labute approximate surface area is 79.3 Å². The first-order chi connectivity index (χ1) is 6.27. The maximum Gasteiger partial charge on any atom is 0.107 e. The van der Waals surface area contributed by atoms with Gasteiger partial charge in [0.25, 0.3) is 0 Å². The minimum atomic E-state index is -0.124. The molecule has 0 radical (unpaired) electrons. The van der Waals surface area contributed by atoms with E-state index in [1.165, 1.54) is 0 Å². The second kappa shape index (κ2) is 3.28. The van der Waals surface area contributed by atoms with Crippen LogP contribution < -0.4 is 0 Å². The number of nitriles is 1. The van der Waals surface area contributed by atoms with Gasteiger partial charge in [-0.3, -0.25) is 0 Å². The lowest BCUT2D eigenvalue weighted by molar-refractivity contribution is -0.119. The van der Waals surface area contributed by atoms with E-state index in [1.54, 1.807) is 0 Å². The van der Waals surface area contributed by atoms with Crippen LogP contribution in [-0.2, 0) is 4.74 Å². The molecule has 2 saturated heterocycles. The van der Waals surface area contributed by atoms with Gasteiger partial charge in [0.1, 0.15) is 5.41 Å². The third-order valence-corrected chi connectivity index (χ3v) is 3.44. The third kappa shape index (κ3) is 1.45. The summed E-state index contributed by atoms with van der Waals surface area (Å²) in [5.74, 6) is 0.572. The maximum absolute atomic E-state index is 9.11. The Morgan fingerprint density at radius 2 is 2.00 bits per heavy atom. The van der Waals surface area contributed by atoms with Crippen LogP contribution in [0.3, 0.4) is 0 Å². The minimum absolute atomic E-state index is 0.124. The van der Waals surface area contributed by atoms with Gasteiger partial charge in [-0.15, -0.1) is 0 Å². The van der Waals surface area contributed by atoms with Gasteiger partial charge in [-0.1, -0.05) is 0 Å². The molecule has 0 aromatic heterocycles. The van der Waals surface area contributed by atoms with E-state index in [2.05, 4.69) is 18.0 Å². The molecule has 2 rings (SSSR count). The number of likely N-dealkylation sites (tertiary alicyclic amines) is 1. The molecule has 0 atom stereocenters. The Bertz CT molecular complexity index is 222. The van der Waals surface area contributed by atoms with E-state index in [1.807, 2.05) is 0 Å². The summed E-state index contributed by atoms with van der Waals surface area (Å²) in [5, 5.41) is 9.11. The van der Waals surface area contributed by atoms with Crippen LogP contribution in [0.15, 0.2) is 0 Å². The lowest BCUT2D eigenvalue weighted by Gasteiger charge is -2.44. The van der Waals surface area contributed by atoms with Gasteiger partial charge in [-0.05, 0) is 38.9 Å². The summed E-state index contributed by atoms with van der Waals surface area (Å²) < 4.78 is 5.17. The lowest BCUT2D eigenvalue weighted by Crippen LogP contribution is -2.50. The van der Waals surface area contributed by atoms with Gasteiger partial charge in [-0.2, -0.15) is 5.26 Å². The molecule has 2 aliphatic heterocycles. The van der Waals surface area contributed by atoms with Crippen molar-refractivity contribution in [1.29, 1.82) is 5.26 Å². The molecule has 0 saturated carbocycles. The number of nitrogens with zero attached hydrogens (tertiary/aromatic N) is 2. The molecule has 2 heterocycles. The van der Waals surface area contributed by atoms with Crippen molar-refractivity contribution in [2.24, 2.45) is 11.3 Å². The highest BCUT2D eigenvalue weighted by Crippen LogP contribution is 2.40. The zero-order valence-corrected chi connectivity index (χ0v) is 8.12. The van der Waals surface area contributed by atoms with Crippen molar-refractivity contribution in [2.75, 3.05) is 33.4 Å². The monoisotopic (exact) mass is 180 g/mol. The zero-order valence-electron chi connectivity index (χ0n) is 8.12. The van der Waals surface area contributed by atoms with Crippen LogP contribution in [0, 0.1) is 22.7 Å². The molecule has 0 amide bonds. The van der Waals surface area contributed by atoms with Gasteiger partial charge in [0, 0.05) is 0 Å². The highest BCUT2D eigenvalue weighted by atomic mass is 16.5. The number of ether oxygens (including phenoxy) is 1. The summed E-state index contributed by atoms with van der Waals surface area (Å²) in [5.41, 5.74) is -0.124. The summed E-state index contributed by atoms with van der Waals surface area (Å²) in [7, 11) is 2.15. The SMILES string of the molecule is CN1CCC(C2(C#N)COC2)CC1. The van der Waals surface area contributed by atoms with Crippen molar-refractivity contribution < 1.29 is 4.74 Å². The van der Waals surface area contributed by atoms with Crippen molar-refractivity contribution in [3.63, 3.8) is 0 Å². The molecule has 0 unspecified atom stereocenters. The van der Waals surface area contributed by atoms with Gasteiger partial charge < -0.3 is 9.64 Å². The fourth-order valence-electron chi connectivity index (χ4n) is 2.27. The Morgan fingerprint density at radius 1 is 1.38 bits per heavy atom. The van der Waals surface area contributed by atoms with Crippen LogP contribution in [0.4, 0.5) is 0 Å². The summed E-state index contributed by atoms with van der Waals surface area (Å²) >= 11 is 0. The molecular formula is C10H16N2O. The van der Waals surface area contributed by atoms with Gasteiger partial charge in [-0.25, -0.2) is 0 Å². The van der Waals surface area contributed by atoms with E-state index in [4.69, 9.17) is 10.00 Å². The normalized spacial score (nSPS) is 29.2. The highest BCUT2D eigenvalue weighted by molar-refractivity contribution is 5.08. The van der Waals surface area contributed by atoms with E-state index < -0.39 is 0 Å². The average Bonchev–Trinajstić information content (AvgIpc) is 2.07. The predicted octanol–water partition coefficient (Wildman–Crippen LogP) is 0.868. The molecule has 0 aromatic carbocycles. The Morgan fingerprint density at radius 3 is 2.38 bits per heavy atom. The van der Waals surface area contributed by atoms with Gasteiger partial charge in [0.2, 0.25) is 0 Å². The molecule has 0 spiro atoms. The molecule has 2 fully saturated rings. The van der Waals surface area contributed by atoms with Crippen molar-refractivity contribution in [2.45, 2.75) is 12.8 Å². The molecule has 0 aromatic rings. The first kappa shape index (κ1) is 8.98. The summed E-state index contributed by atoms with van der Waals surface area (Å²) in [6, 6.07) is 2.46. The van der Waals surface area contributed by atoms with E-state index in [9.17, 15) is 0 Å². The molecule has 3 nitrogen and oxygen atoms in total. The van der Waals surface area contributed by atoms with Crippen LogP contribution in [0.2, 0.25) is 0 Å². The first-order valence-electron chi connectivity index (χ1n) is 4.94. The quantitative estimate of drug-likeness (QED) is 0.600. The Balaban J connectivity index is 1.97. The maximum atomic E-state index is 9.11. The van der Waals surface area contributed by atoms with E-state index in [-0.39, 0.29) is 5.41 Å². The highest BCUT2D eigenvalue weighted by Gasteiger charge is 2.46. The topological polar surface area (TPSA) is 36.3 Å². The first-order valence-corrected chi connectivity index (χ1v) is 4.94. The summed E-state index contributed by atoms with van der Waals surface area (Å²) in [6.07, 6.45) is 2.32. The molecular weight excluding hydrogens is 164 g/mol. The second-order valence-electron chi connectivity index (χ2n) is 4.34. The van der Waals surface area contributed by atoms with Gasteiger partial charge >= 0.3 is 0 Å². The number of hydrogen-bond donors (Lipinski definition) is 0. The fraction of sp³-hybridized carbons (Fsp3) is 0.900. The standard InChI is InChI=1S/C10H16N2O/c1-12-4-2-9(3-5-12)10(6-11)7-13-8-10/h9H,2-5,7-8H2,1H3. The number of piperidine rings is 1. The zero-order chi connectivity index (χ0) is 9.31. The third-order valence-electron chi connectivity index (χ3n) is 3.44. The van der Waals surface area contributed by atoms with Crippen LogP contribution >= 0.6 is 0 Å². The van der Waals surface area contributed by atoms with E-state index in [0.29, 0.717) is 19.1 Å². The Kier molecular flexibility index (Phi) is 2.27. The predicted molar refractivity (Wildman–Crippen MR) is 49.1 cm³/mol. The van der Waals surface area contributed by atoms with Gasteiger partial charge in [0.05, 0.1) is 19.3 Å². The average molecular weight is 180 g/mol. The molecule has 13 heavy (non-hydrogen) atoms. The molecule has 2 aliphatic rings. The van der Waals surface area contributed by atoms with E-state index >= 15 is 0 Å². The second-order valence-corrected chi connectivity index (χ2v) is 4.34. The van der Waals surface area contributed by atoms with Crippen LogP contribution in [0.5, 0.6) is 0 Å².